The van der Waals surface area contributed by atoms with E-state index < -0.39 is 0 Å². The van der Waals surface area contributed by atoms with E-state index in [-0.39, 0.29) is 0 Å². The Balaban J connectivity index is 1.57. The highest BCUT2D eigenvalue weighted by molar-refractivity contribution is 5.53. The van der Waals surface area contributed by atoms with E-state index in [1.807, 2.05) is 18.2 Å². The molecule has 6 heteroatoms. The summed E-state index contributed by atoms with van der Waals surface area (Å²) in [6.45, 7) is 2.11. The van der Waals surface area contributed by atoms with Crippen LogP contribution in [-0.4, -0.2) is 34.7 Å². The first-order valence-corrected chi connectivity index (χ1v) is 8.24. The van der Waals surface area contributed by atoms with Gasteiger partial charge in [-0.15, -0.1) is 0 Å². The van der Waals surface area contributed by atoms with Crippen LogP contribution in [0, 0.1) is 0 Å². The van der Waals surface area contributed by atoms with Gasteiger partial charge in [-0.05, 0) is 29.8 Å². The van der Waals surface area contributed by atoms with E-state index in [1.54, 1.807) is 21.3 Å². The number of ether oxygens (including phenoxy) is 5. The predicted molar refractivity (Wildman–Crippen MR) is 92.9 cm³/mol. The number of hydrogen-bond acceptors (Lipinski definition) is 5. The largest absolute Gasteiger partial charge is 0.493 e. The first kappa shape index (κ1) is 17.2. The van der Waals surface area contributed by atoms with Crippen molar-refractivity contribution in [1.82, 2.24) is 0 Å². The second kappa shape index (κ2) is 7.98. The lowest BCUT2D eigenvalue weighted by Gasteiger charge is -2.13. The number of rotatable bonds is 8. The third kappa shape index (κ3) is 3.91. The van der Waals surface area contributed by atoms with Crippen LogP contribution in [0.2, 0.25) is 0 Å². The van der Waals surface area contributed by atoms with Gasteiger partial charge in [0.25, 0.3) is 0 Å². The van der Waals surface area contributed by atoms with Crippen molar-refractivity contribution in [2.45, 2.75) is 13.0 Å². The van der Waals surface area contributed by atoms with Crippen LogP contribution in [0.1, 0.15) is 11.1 Å². The fourth-order valence-electron chi connectivity index (χ4n) is 2.89. The van der Waals surface area contributed by atoms with Gasteiger partial charge in [-0.2, -0.15) is 0 Å². The quantitative estimate of drug-likeness (QED) is 0.738. The van der Waals surface area contributed by atoms with E-state index in [0.717, 1.165) is 36.6 Å². The Morgan fingerprint density at radius 1 is 0.880 bits per heavy atom. The van der Waals surface area contributed by atoms with Gasteiger partial charge >= 0.3 is 0 Å². The number of fused-ring (bicyclic) bond motifs is 1. The highest BCUT2D eigenvalue weighted by Gasteiger charge is 2.15. The van der Waals surface area contributed by atoms with Crippen molar-refractivity contribution in [2.75, 3.05) is 34.7 Å². The fraction of sp³-hybridized carbons (Fsp3) is 0.368. The molecule has 0 saturated heterocycles. The topological polar surface area (TPSA) is 62.8 Å². The Hall–Kier alpha value is -2.60. The molecule has 1 heterocycles. The van der Waals surface area contributed by atoms with Gasteiger partial charge in [-0.25, -0.2) is 0 Å². The number of nitrogens with two attached hydrogens (primary N) is 1. The van der Waals surface area contributed by atoms with Crippen LogP contribution in [-0.2, 0) is 13.0 Å². The average molecular weight is 346 g/mol. The van der Waals surface area contributed by atoms with Gasteiger partial charge in [-0.1, -0.05) is 6.07 Å². The maximum atomic E-state index is 5.42. The van der Waals surface area contributed by atoms with Gasteiger partial charge in [-0.3, -0.25) is 0 Å². The Labute approximate surface area is 147 Å². The molecule has 25 heavy (non-hydrogen) atoms. The SMILES string of the molecule is COc1cc(C[NH2+]CCc2ccc3c(c2)OCO3)cc(OC)c1OC. The normalized spacial score (nSPS) is 12.1. The third-order valence-electron chi connectivity index (χ3n) is 4.18. The summed E-state index contributed by atoms with van der Waals surface area (Å²) in [6.07, 6.45) is 0.959. The molecular formula is C19H24NO5+. The van der Waals surface area contributed by atoms with E-state index in [0.29, 0.717) is 24.0 Å². The second-order valence-electron chi connectivity index (χ2n) is 5.75. The summed E-state index contributed by atoms with van der Waals surface area (Å²) in [5.74, 6) is 3.64. The fourth-order valence-corrected chi connectivity index (χ4v) is 2.89. The molecule has 0 saturated carbocycles. The Bertz CT molecular complexity index is 707. The molecule has 2 aromatic rings. The maximum Gasteiger partial charge on any atom is 0.231 e. The summed E-state index contributed by atoms with van der Waals surface area (Å²) in [5, 5.41) is 2.26. The summed E-state index contributed by atoms with van der Waals surface area (Å²) in [4.78, 5) is 0. The van der Waals surface area contributed by atoms with E-state index >= 15 is 0 Å². The highest BCUT2D eigenvalue weighted by Crippen LogP contribution is 2.38. The monoisotopic (exact) mass is 346 g/mol. The highest BCUT2D eigenvalue weighted by atomic mass is 16.7. The Kier molecular flexibility index (Phi) is 5.50. The predicted octanol–water partition coefficient (Wildman–Crippen LogP) is 1.75. The van der Waals surface area contributed by atoms with Crippen LogP contribution in [0.4, 0.5) is 0 Å². The van der Waals surface area contributed by atoms with Gasteiger partial charge in [0, 0.05) is 12.0 Å². The third-order valence-corrected chi connectivity index (χ3v) is 4.18. The molecule has 1 aliphatic rings. The Morgan fingerprint density at radius 3 is 2.28 bits per heavy atom. The zero-order valence-corrected chi connectivity index (χ0v) is 14.8. The van der Waals surface area contributed by atoms with E-state index in [1.165, 1.54) is 5.56 Å². The molecule has 3 rings (SSSR count). The molecule has 0 spiro atoms. The average Bonchev–Trinajstić information content (AvgIpc) is 3.12. The molecular weight excluding hydrogens is 322 g/mol. The molecule has 0 aliphatic carbocycles. The molecule has 134 valence electrons. The molecule has 0 aromatic heterocycles. The van der Waals surface area contributed by atoms with Crippen molar-refractivity contribution in [2.24, 2.45) is 0 Å². The van der Waals surface area contributed by atoms with Crippen molar-refractivity contribution in [3.8, 4) is 28.7 Å². The van der Waals surface area contributed by atoms with Crippen molar-refractivity contribution in [3.05, 3.63) is 41.5 Å². The zero-order chi connectivity index (χ0) is 17.6. The molecule has 2 aromatic carbocycles. The first-order valence-electron chi connectivity index (χ1n) is 8.24. The molecule has 0 unspecified atom stereocenters. The lowest BCUT2D eigenvalue weighted by Crippen LogP contribution is -2.83. The van der Waals surface area contributed by atoms with Gasteiger partial charge in [0.15, 0.2) is 23.0 Å². The first-order chi connectivity index (χ1) is 12.2. The molecule has 0 radical (unpaired) electrons. The zero-order valence-electron chi connectivity index (χ0n) is 14.8. The van der Waals surface area contributed by atoms with Crippen molar-refractivity contribution in [3.63, 3.8) is 0 Å². The van der Waals surface area contributed by atoms with Gasteiger partial charge < -0.3 is 29.0 Å². The van der Waals surface area contributed by atoms with Gasteiger partial charge in [0.2, 0.25) is 12.5 Å². The number of methoxy groups -OCH3 is 3. The summed E-state index contributed by atoms with van der Waals surface area (Å²) < 4.78 is 26.9. The van der Waals surface area contributed by atoms with Crippen LogP contribution in [0.15, 0.2) is 30.3 Å². The smallest absolute Gasteiger partial charge is 0.231 e. The molecule has 6 nitrogen and oxygen atoms in total. The molecule has 1 aliphatic heterocycles. The lowest BCUT2D eigenvalue weighted by atomic mass is 10.1. The van der Waals surface area contributed by atoms with Gasteiger partial charge in [0.1, 0.15) is 6.54 Å². The maximum absolute atomic E-state index is 5.42. The summed E-state index contributed by atoms with van der Waals surface area (Å²) in [6, 6.07) is 10.1. The van der Waals surface area contributed by atoms with Crippen LogP contribution < -0.4 is 29.0 Å². The van der Waals surface area contributed by atoms with Crippen molar-refractivity contribution >= 4 is 0 Å². The van der Waals surface area contributed by atoms with E-state index in [2.05, 4.69) is 17.4 Å². The van der Waals surface area contributed by atoms with E-state index in [4.69, 9.17) is 23.7 Å². The minimum Gasteiger partial charge on any atom is -0.493 e. The second-order valence-corrected chi connectivity index (χ2v) is 5.75. The molecule has 0 amide bonds. The van der Waals surface area contributed by atoms with Crippen LogP contribution in [0.3, 0.4) is 0 Å². The van der Waals surface area contributed by atoms with E-state index in [9.17, 15) is 0 Å². The Morgan fingerprint density at radius 2 is 1.60 bits per heavy atom. The number of benzene rings is 2. The van der Waals surface area contributed by atoms with Gasteiger partial charge in [0.05, 0.1) is 27.9 Å². The van der Waals surface area contributed by atoms with Crippen molar-refractivity contribution in [1.29, 1.82) is 0 Å². The molecule has 2 N–H and O–H groups in total. The summed E-state index contributed by atoms with van der Waals surface area (Å²) in [7, 11) is 4.87. The van der Waals surface area contributed by atoms with Crippen LogP contribution >= 0.6 is 0 Å². The van der Waals surface area contributed by atoms with Crippen LogP contribution in [0.5, 0.6) is 28.7 Å². The lowest BCUT2D eigenvalue weighted by molar-refractivity contribution is -0.670. The minimum absolute atomic E-state index is 0.312. The summed E-state index contributed by atoms with van der Waals surface area (Å²) in [5.41, 5.74) is 2.37. The molecule has 0 fully saturated rings. The van der Waals surface area contributed by atoms with Crippen molar-refractivity contribution < 1.29 is 29.0 Å². The number of hydrogen-bond donors (Lipinski definition) is 1. The minimum atomic E-state index is 0.312. The molecule has 0 bridgehead atoms. The number of quaternary nitrogens is 1. The molecule has 0 atom stereocenters. The standard InChI is InChI=1S/C19H23NO5/c1-21-17-9-14(10-18(22-2)19(17)23-3)11-20-7-6-13-4-5-15-16(8-13)25-12-24-15/h4-5,8-10,20H,6-7,11-12H2,1-3H3/p+1. The summed E-state index contributed by atoms with van der Waals surface area (Å²) >= 11 is 0. The van der Waals surface area contributed by atoms with Crippen LogP contribution in [0.25, 0.3) is 0 Å².